The van der Waals surface area contributed by atoms with Crippen LogP contribution in [-0.4, -0.2) is 78.8 Å². The van der Waals surface area contributed by atoms with Crippen molar-refractivity contribution in [2.75, 3.05) is 19.7 Å². The minimum Gasteiger partial charge on any atom is -0.394 e. The van der Waals surface area contributed by atoms with Gasteiger partial charge in [-0.15, -0.1) is 11.8 Å². The summed E-state index contributed by atoms with van der Waals surface area (Å²) in [7, 11) is 0. The van der Waals surface area contributed by atoms with Crippen molar-refractivity contribution in [3.8, 4) is 0 Å². The van der Waals surface area contributed by atoms with Crippen LogP contribution in [0.25, 0.3) is 0 Å². The topological polar surface area (TPSA) is 81.2 Å². The van der Waals surface area contributed by atoms with Crippen LogP contribution in [0.1, 0.15) is 31.9 Å². The predicted molar refractivity (Wildman–Crippen MR) is 164 cm³/mol. The van der Waals surface area contributed by atoms with Crippen LogP contribution in [0.2, 0.25) is 0 Å². The summed E-state index contributed by atoms with van der Waals surface area (Å²) in [6.45, 7) is 7.47. The Morgan fingerprint density at radius 3 is 1.90 bits per heavy atom. The Morgan fingerprint density at radius 2 is 1.36 bits per heavy atom. The molecule has 0 radical (unpaired) electrons. The van der Waals surface area contributed by atoms with Crippen LogP contribution in [0.15, 0.2) is 85.0 Å². The number of thioether (sulfide) groups is 1. The maximum atomic E-state index is 14.7. The van der Waals surface area contributed by atoms with Crippen LogP contribution in [0.4, 0.5) is 0 Å². The second-order valence-corrected chi connectivity index (χ2v) is 14.2. The molecule has 0 aliphatic carbocycles. The van der Waals surface area contributed by atoms with Crippen molar-refractivity contribution in [3.63, 3.8) is 0 Å². The maximum Gasteiger partial charge on any atom is 0.247 e. The molecular weight excluding hydrogens is 546 g/mol. The van der Waals surface area contributed by atoms with Gasteiger partial charge in [-0.3, -0.25) is 14.4 Å². The van der Waals surface area contributed by atoms with Gasteiger partial charge in [0.25, 0.3) is 0 Å². The summed E-state index contributed by atoms with van der Waals surface area (Å²) in [5.74, 6) is -1.86. The summed E-state index contributed by atoms with van der Waals surface area (Å²) in [6, 6.07) is 18.4. The highest BCUT2D eigenvalue weighted by atomic mass is 32.2. The minimum absolute atomic E-state index is 0.0639. The number of amides is 3. The van der Waals surface area contributed by atoms with Gasteiger partial charge in [-0.25, -0.2) is 0 Å². The molecule has 2 aromatic carbocycles. The van der Waals surface area contributed by atoms with Crippen LogP contribution < -0.4 is 0 Å². The van der Waals surface area contributed by atoms with Gasteiger partial charge in [0.15, 0.2) is 0 Å². The molecule has 7 nitrogen and oxygen atoms in total. The van der Waals surface area contributed by atoms with E-state index in [1.54, 1.807) is 21.6 Å². The predicted octanol–water partition coefficient (Wildman–Crippen LogP) is 3.89. The van der Waals surface area contributed by atoms with Crippen LogP contribution in [-0.2, 0) is 27.5 Å². The molecule has 2 aromatic rings. The Hall–Kier alpha value is -3.36. The molecule has 1 unspecified atom stereocenters. The van der Waals surface area contributed by atoms with Gasteiger partial charge < -0.3 is 19.8 Å². The smallest absolute Gasteiger partial charge is 0.247 e. The first-order chi connectivity index (χ1) is 20.2. The lowest BCUT2D eigenvalue weighted by Crippen LogP contribution is -2.57. The van der Waals surface area contributed by atoms with Crippen LogP contribution >= 0.6 is 11.8 Å². The van der Waals surface area contributed by atoms with E-state index in [0.717, 1.165) is 11.1 Å². The van der Waals surface area contributed by atoms with Crippen LogP contribution in [0.3, 0.4) is 0 Å². The number of benzene rings is 2. The summed E-state index contributed by atoms with van der Waals surface area (Å²) in [5.41, 5.74) is 2.04. The van der Waals surface area contributed by atoms with Gasteiger partial charge in [-0.05, 0) is 24.0 Å². The van der Waals surface area contributed by atoms with Gasteiger partial charge in [-0.1, -0.05) is 98.8 Å². The molecule has 2 fully saturated rings. The fraction of sp³-hybridized carbons (Fsp3) is 0.441. The molecule has 6 atom stereocenters. The van der Waals surface area contributed by atoms with Gasteiger partial charge >= 0.3 is 0 Å². The van der Waals surface area contributed by atoms with E-state index in [1.807, 2.05) is 105 Å². The largest absolute Gasteiger partial charge is 0.394 e. The Morgan fingerprint density at radius 1 is 0.810 bits per heavy atom. The van der Waals surface area contributed by atoms with Crippen LogP contribution in [0.5, 0.6) is 0 Å². The molecule has 3 amide bonds. The quantitative estimate of drug-likeness (QED) is 0.499. The zero-order valence-electron chi connectivity index (χ0n) is 24.4. The van der Waals surface area contributed by atoms with Crippen molar-refractivity contribution < 1.29 is 19.5 Å². The number of fused-ring (bicyclic) bond motifs is 2. The Balaban J connectivity index is 1.44. The molecule has 220 valence electrons. The number of aliphatic hydroxyl groups excluding tert-OH is 1. The van der Waals surface area contributed by atoms with E-state index >= 15 is 0 Å². The fourth-order valence-electron chi connectivity index (χ4n) is 7.43. The molecule has 8 heteroatoms. The van der Waals surface area contributed by atoms with Gasteiger partial charge in [0.05, 0.1) is 29.2 Å². The van der Waals surface area contributed by atoms with E-state index in [0.29, 0.717) is 26.2 Å². The summed E-state index contributed by atoms with van der Waals surface area (Å²) in [4.78, 5) is 49.1. The molecule has 1 spiro atoms. The first-order valence-electron chi connectivity index (χ1n) is 14.8. The zero-order valence-corrected chi connectivity index (χ0v) is 25.2. The fourth-order valence-corrected chi connectivity index (χ4v) is 9.57. The Kier molecular flexibility index (Phi) is 7.56. The highest BCUT2D eigenvalue weighted by Crippen LogP contribution is 2.66. The first kappa shape index (κ1) is 28.7. The Labute approximate surface area is 252 Å². The molecule has 42 heavy (non-hydrogen) atoms. The minimum atomic E-state index is -0.933. The number of likely N-dealkylation sites (tertiary alicyclic amines) is 1. The number of hydrogen-bond acceptors (Lipinski definition) is 5. The SMILES string of the molecule is CC(C)[C@H](CO)N1C(=O)[C@@H]2[C@H]3C(=O)N(Cc4ccccc4)CC=C[C@@]3(C)S[C@@]23C=CCN(Cc2ccccc2)C(=O)C13. The van der Waals surface area contributed by atoms with Crippen molar-refractivity contribution in [3.05, 3.63) is 96.1 Å². The van der Waals surface area contributed by atoms with E-state index < -0.39 is 33.4 Å². The number of carbonyl (C=O) groups excluding carboxylic acids is 3. The van der Waals surface area contributed by atoms with Gasteiger partial charge in [0, 0.05) is 30.9 Å². The third-order valence-corrected chi connectivity index (χ3v) is 11.2. The molecule has 0 aromatic heterocycles. The summed E-state index contributed by atoms with van der Waals surface area (Å²) in [6.07, 6.45) is 8.18. The molecular formula is C34H39N3O4S. The van der Waals surface area contributed by atoms with Gasteiger partial charge in [-0.2, -0.15) is 0 Å². The number of hydrogen-bond donors (Lipinski definition) is 1. The normalized spacial score (nSPS) is 31.2. The number of aliphatic hydroxyl groups is 1. The number of carbonyl (C=O) groups is 3. The van der Waals surface area contributed by atoms with Crippen molar-refractivity contribution in [1.29, 1.82) is 0 Å². The lowest BCUT2D eigenvalue weighted by Gasteiger charge is -2.41. The van der Waals surface area contributed by atoms with E-state index in [2.05, 4.69) is 6.08 Å². The summed E-state index contributed by atoms with van der Waals surface area (Å²) >= 11 is 1.58. The Bertz CT molecular complexity index is 1410. The highest BCUT2D eigenvalue weighted by molar-refractivity contribution is 8.02. The van der Waals surface area contributed by atoms with Crippen molar-refractivity contribution in [1.82, 2.24) is 14.7 Å². The van der Waals surface area contributed by atoms with Crippen molar-refractivity contribution in [2.45, 2.75) is 55.4 Å². The zero-order chi connectivity index (χ0) is 29.6. The molecule has 4 aliphatic heterocycles. The molecule has 0 saturated carbocycles. The van der Waals surface area contributed by atoms with E-state index in [4.69, 9.17) is 0 Å². The van der Waals surface area contributed by atoms with E-state index in [1.165, 1.54) is 0 Å². The molecule has 1 N–H and O–H groups in total. The summed E-state index contributed by atoms with van der Waals surface area (Å²) < 4.78 is -1.60. The maximum absolute atomic E-state index is 14.7. The van der Waals surface area contributed by atoms with Crippen LogP contribution in [0, 0.1) is 17.8 Å². The lowest BCUT2D eigenvalue weighted by atomic mass is 9.74. The monoisotopic (exact) mass is 585 g/mol. The van der Waals surface area contributed by atoms with Gasteiger partial charge in [0.2, 0.25) is 17.7 Å². The first-order valence-corrected chi connectivity index (χ1v) is 15.7. The molecule has 4 aliphatic rings. The second kappa shape index (κ2) is 11.0. The number of nitrogens with zero attached hydrogens (tertiary/aromatic N) is 3. The molecule has 6 rings (SSSR count). The lowest BCUT2D eigenvalue weighted by molar-refractivity contribution is -0.148. The second-order valence-electron chi connectivity index (χ2n) is 12.5. The highest BCUT2D eigenvalue weighted by Gasteiger charge is 2.74. The molecule has 2 saturated heterocycles. The number of rotatable bonds is 7. The third kappa shape index (κ3) is 4.60. The summed E-state index contributed by atoms with van der Waals surface area (Å²) in [5, 5.41) is 10.5. The van der Waals surface area contributed by atoms with Gasteiger partial charge in [0.1, 0.15) is 6.04 Å². The van der Waals surface area contributed by atoms with Crippen molar-refractivity contribution in [2.24, 2.45) is 17.8 Å². The van der Waals surface area contributed by atoms with E-state index in [-0.39, 0.29) is 30.2 Å². The van der Waals surface area contributed by atoms with E-state index in [9.17, 15) is 19.5 Å². The molecule has 4 heterocycles. The third-order valence-electron chi connectivity index (χ3n) is 9.41. The molecule has 0 bridgehead atoms. The average Bonchev–Trinajstić information content (AvgIpc) is 3.25. The average molecular weight is 586 g/mol. The van der Waals surface area contributed by atoms with Crippen molar-refractivity contribution >= 4 is 29.5 Å². The standard InChI is InChI=1S/C34H39N3O4S/c1-23(2)26(22-38)37-29-32(41)36(21-25-14-8-5-9-15-25)19-11-17-34(29)28(31(37)40)27-30(39)35(18-10-16-33(27,3)42-34)20-24-12-6-4-7-13-24/h4-17,23,26-29,38H,18-22H2,1-3H3/t26-,27-,28-,29?,33+,34-/m0/s1.